The zero-order valence-electron chi connectivity index (χ0n) is 22.2. The number of fused-ring (bicyclic) bond motifs is 3. The molecule has 2 aromatic carbocycles. The van der Waals surface area contributed by atoms with Crippen molar-refractivity contribution < 1.29 is 17.9 Å². The van der Waals surface area contributed by atoms with Gasteiger partial charge in [-0.2, -0.15) is 13.2 Å². The maximum Gasteiger partial charge on any atom is 0.418 e. The average Bonchev–Trinajstić information content (AvgIpc) is 3.22. The van der Waals surface area contributed by atoms with Gasteiger partial charge in [-0.3, -0.25) is 19.1 Å². The van der Waals surface area contributed by atoms with Crippen LogP contribution in [0, 0.1) is 0 Å². The molecule has 0 N–H and O–H groups in total. The molecule has 6 rings (SSSR count). The predicted molar refractivity (Wildman–Crippen MR) is 148 cm³/mol. The summed E-state index contributed by atoms with van der Waals surface area (Å²) in [6.07, 6.45) is 0.274. The lowest BCUT2D eigenvalue weighted by molar-refractivity contribution is -0.137. The Bertz CT molecular complexity index is 1800. The molecule has 1 saturated heterocycles. The minimum atomic E-state index is -4.60. The molecule has 0 bridgehead atoms. The summed E-state index contributed by atoms with van der Waals surface area (Å²) < 4.78 is 51.2. The molecule has 0 unspecified atom stereocenters. The number of alkyl halides is 3. The number of anilines is 1. The maximum absolute atomic E-state index is 14.4. The van der Waals surface area contributed by atoms with Crippen LogP contribution in [0.15, 0.2) is 65.8 Å². The molecular weight excluding hydrogens is 521 g/mol. The molecule has 1 fully saturated rings. The first-order valence-corrected chi connectivity index (χ1v) is 12.8. The van der Waals surface area contributed by atoms with E-state index in [-0.39, 0.29) is 11.4 Å². The van der Waals surface area contributed by atoms with E-state index >= 15 is 0 Å². The SMILES string of the molecule is COc1cncc(-c2ccc3ncc4c(c3c2)n(-c2ccc(N3CCN(C)CC3)c(C(F)(F)F)c2)c(=O)n4C)c1. The first kappa shape index (κ1) is 25.9. The normalized spacial score (nSPS) is 14.8. The van der Waals surface area contributed by atoms with Crippen molar-refractivity contribution in [2.24, 2.45) is 7.05 Å². The number of nitrogens with zero attached hydrogens (tertiary/aromatic N) is 6. The molecule has 0 atom stereocenters. The van der Waals surface area contributed by atoms with Crippen LogP contribution in [0.5, 0.6) is 5.75 Å². The number of pyridine rings is 2. The number of benzene rings is 2. The largest absolute Gasteiger partial charge is 0.495 e. The van der Waals surface area contributed by atoms with E-state index in [0.717, 1.165) is 17.2 Å². The van der Waals surface area contributed by atoms with Gasteiger partial charge in [-0.25, -0.2) is 4.79 Å². The lowest BCUT2D eigenvalue weighted by atomic mass is 10.0. The van der Waals surface area contributed by atoms with Crippen LogP contribution in [0.3, 0.4) is 0 Å². The molecule has 0 spiro atoms. The molecule has 11 heteroatoms. The molecule has 8 nitrogen and oxygen atoms in total. The molecule has 0 amide bonds. The Morgan fingerprint density at radius 3 is 2.40 bits per heavy atom. The lowest BCUT2D eigenvalue weighted by Crippen LogP contribution is -2.45. The Morgan fingerprint density at radius 1 is 0.900 bits per heavy atom. The number of piperazine rings is 1. The number of hydrogen-bond acceptors (Lipinski definition) is 6. The van der Waals surface area contributed by atoms with Gasteiger partial charge in [-0.1, -0.05) is 6.07 Å². The van der Waals surface area contributed by atoms with Crippen LogP contribution >= 0.6 is 0 Å². The van der Waals surface area contributed by atoms with Gasteiger partial charge in [0, 0.05) is 56.1 Å². The second-order valence-electron chi connectivity index (χ2n) is 10.0. The molecule has 1 aliphatic heterocycles. The van der Waals surface area contributed by atoms with Crippen LogP contribution in [-0.2, 0) is 13.2 Å². The second kappa shape index (κ2) is 9.67. The van der Waals surface area contributed by atoms with Crippen molar-refractivity contribution in [1.82, 2.24) is 24.0 Å². The fraction of sp³-hybridized carbons (Fsp3) is 0.276. The molecule has 0 saturated carbocycles. The van der Waals surface area contributed by atoms with Gasteiger partial charge in [-0.05, 0) is 49.0 Å². The highest BCUT2D eigenvalue weighted by Gasteiger charge is 2.36. The summed E-state index contributed by atoms with van der Waals surface area (Å²) in [5, 5.41) is 0.632. The van der Waals surface area contributed by atoms with Crippen LogP contribution in [0.4, 0.5) is 18.9 Å². The molecular formula is C29H27F3N6O2. The summed E-state index contributed by atoms with van der Waals surface area (Å²) in [6.45, 7) is 2.33. The fourth-order valence-electron chi connectivity index (χ4n) is 5.32. The Labute approximate surface area is 227 Å². The lowest BCUT2D eigenvalue weighted by Gasteiger charge is -2.35. The smallest absolute Gasteiger partial charge is 0.418 e. The summed E-state index contributed by atoms with van der Waals surface area (Å²) in [5.41, 5.74) is 2.23. The number of methoxy groups -OCH3 is 1. The quantitative estimate of drug-likeness (QED) is 0.324. The van der Waals surface area contributed by atoms with Crippen LogP contribution in [0.2, 0.25) is 0 Å². The van der Waals surface area contributed by atoms with Gasteiger partial charge in [0.15, 0.2) is 0 Å². The van der Waals surface area contributed by atoms with Crippen molar-refractivity contribution in [2.75, 3.05) is 45.2 Å². The molecule has 0 radical (unpaired) electrons. The number of rotatable bonds is 4. The standard InChI is InChI=1S/C29H27F3N6O2/c1-35-8-10-37(11-9-35)25-7-5-20(14-23(25)29(30,31)32)38-27-22-13-18(19-12-21(40-3)16-33-15-19)4-6-24(22)34-17-26(27)36(2)28(38)39/h4-7,12-17H,8-11H2,1-3H3. The third kappa shape index (κ3) is 4.36. The predicted octanol–water partition coefficient (Wildman–Crippen LogP) is 4.72. The van der Waals surface area contributed by atoms with Crippen molar-refractivity contribution in [2.45, 2.75) is 6.18 Å². The molecule has 5 aromatic rings. The third-order valence-corrected chi connectivity index (χ3v) is 7.55. The minimum Gasteiger partial charge on any atom is -0.495 e. The van der Waals surface area contributed by atoms with Gasteiger partial charge in [0.25, 0.3) is 0 Å². The van der Waals surface area contributed by atoms with Gasteiger partial charge in [-0.15, -0.1) is 0 Å². The molecule has 1 aliphatic rings. The highest BCUT2D eigenvalue weighted by molar-refractivity contribution is 6.04. The molecule has 0 aliphatic carbocycles. The number of likely N-dealkylation sites (N-methyl/N-ethyl adjacent to an activating group) is 1. The van der Waals surface area contributed by atoms with Crippen LogP contribution in [-0.4, -0.2) is 64.3 Å². The topological polar surface area (TPSA) is 68.4 Å². The van der Waals surface area contributed by atoms with E-state index in [1.807, 2.05) is 31.3 Å². The highest BCUT2D eigenvalue weighted by Crippen LogP contribution is 2.39. The third-order valence-electron chi connectivity index (χ3n) is 7.55. The van der Waals surface area contributed by atoms with E-state index < -0.39 is 17.4 Å². The van der Waals surface area contributed by atoms with Crippen LogP contribution in [0.25, 0.3) is 38.8 Å². The number of ether oxygens (including phenoxy) is 1. The van der Waals surface area contributed by atoms with Gasteiger partial charge in [0.1, 0.15) is 5.75 Å². The van der Waals surface area contributed by atoms with Gasteiger partial charge < -0.3 is 14.5 Å². The van der Waals surface area contributed by atoms with Crippen molar-refractivity contribution >= 4 is 27.6 Å². The Morgan fingerprint density at radius 2 is 1.68 bits per heavy atom. The van der Waals surface area contributed by atoms with Gasteiger partial charge >= 0.3 is 11.9 Å². The van der Waals surface area contributed by atoms with Crippen LogP contribution < -0.4 is 15.3 Å². The number of aromatic nitrogens is 4. The summed E-state index contributed by atoms with van der Waals surface area (Å²) >= 11 is 0. The Balaban J connectivity index is 1.57. The maximum atomic E-state index is 14.4. The number of aryl methyl sites for hydroxylation is 1. The Hall–Kier alpha value is -4.38. The van der Waals surface area contributed by atoms with Crippen LogP contribution in [0.1, 0.15) is 5.56 Å². The minimum absolute atomic E-state index is 0.122. The average molecular weight is 549 g/mol. The molecule has 40 heavy (non-hydrogen) atoms. The van der Waals surface area contributed by atoms with Crippen molar-refractivity contribution in [3.05, 3.63) is 77.1 Å². The number of hydrogen-bond donors (Lipinski definition) is 0. The zero-order chi connectivity index (χ0) is 28.2. The van der Waals surface area contributed by atoms with E-state index in [1.165, 1.54) is 15.2 Å². The highest BCUT2D eigenvalue weighted by atomic mass is 19.4. The van der Waals surface area contributed by atoms with E-state index in [9.17, 15) is 18.0 Å². The molecule has 206 valence electrons. The Kier molecular flexibility index (Phi) is 6.25. The monoisotopic (exact) mass is 548 g/mol. The molecule has 4 heterocycles. The second-order valence-corrected chi connectivity index (χ2v) is 10.0. The van der Waals surface area contributed by atoms with Gasteiger partial charge in [0.05, 0.1) is 47.3 Å². The van der Waals surface area contributed by atoms with E-state index in [4.69, 9.17) is 4.74 Å². The number of imidazole rings is 1. The zero-order valence-corrected chi connectivity index (χ0v) is 22.2. The summed E-state index contributed by atoms with van der Waals surface area (Å²) in [7, 11) is 5.10. The van der Waals surface area contributed by atoms with Crippen molar-refractivity contribution in [3.63, 3.8) is 0 Å². The summed E-state index contributed by atoms with van der Waals surface area (Å²) in [4.78, 5) is 26.1. The summed E-state index contributed by atoms with van der Waals surface area (Å²) in [6, 6.07) is 11.6. The van der Waals surface area contributed by atoms with E-state index in [1.54, 1.807) is 43.7 Å². The number of halogens is 3. The van der Waals surface area contributed by atoms with Gasteiger partial charge in [0.2, 0.25) is 0 Å². The first-order valence-electron chi connectivity index (χ1n) is 12.8. The fourth-order valence-corrected chi connectivity index (χ4v) is 5.32. The first-order chi connectivity index (χ1) is 19.2. The van der Waals surface area contributed by atoms with Crippen molar-refractivity contribution in [3.8, 4) is 22.6 Å². The molecule has 3 aromatic heterocycles. The summed E-state index contributed by atoms with van der Waals surface area (Å²) in [5.74, 6) is 0.589. The van der Waals surface area contributed by atoms with Crippen molar-refractivity contribution in [1.29, 1.82) is 0 Å². The van der Waals surface area contributed by atoms with E-state index in [2.05, 4.69) is 14.9 Å². The van der Waals surface area contributed by atoms with E-state index in [0.29, 0.717) is 53.9 Å².